The molecule has 0 aliphatic heterocycles. The maximum absolute atomic E-state index is 12.0. The standard InChI is InChI=1S/C14H14N4O2/c1-9(19)17-10-2-4-11(5-3-10)18-14(20)12-8-16-7-6-13(12)15/h2-8H,1H3,(H2,15,16)(H,17,19)(H,18,20). The van der Waals surface area contributed by atoms with Crippen LogP contribution in [0.5, 0.6) is 0 Å². The Labute approximate surface area is 116 Å². The van der Waals surface area contributed by atoms with E-state index in [0.29, 0.717) is 22.6 Å². The molecule has 1 heterocycles. The lowest BCUT2D eigenvalue weighted by Gasteiger charge is -2.08. The van der Waals surface area contributed by atoms with Gasteiger partial charge < -0.3 is 16.4 Å². The Hall–Kier alpha value is -2.89. The fourth-order valence-corrected chi connectivity index (χ4v) is 1.63. The fourth-order valence-electron chi connectivity index (χ4n) is 1.63. The topological polar surface area (TPSA) is 97.1 Å². The van der Waals surface area contributed by atoms with Crippen molar-refractivity contribution in [1.29, 1.82) is 0 Å². The molecule has 0 saturated carbocycles. The van der Waals surface area contributed by atoms with Crippen LogP contribution in [0, 0.1) is 0 Å². The van der Waals surface area contributed by atoms with Crippen LogP contribution in [0.15, 0.2) is 42.7 Å². The number of nitrogens with one attached hydrogen (secondary N) is 2. The van der Waals surface area contributed by atoms with Crippen molar-refractivity contribution < 1.29 is 9.59 Å². The van der Waals surface area contributed by atoms with E-state index in [0.717, 1.165) is 0 Å². The summed E-state index contributed by atoms with van der Waals surface area (Å²) in [4.78, 5) is 26.8. The Bertz CT molecular complexity index is 638. The van der Waals surface area contributed by atoms with Crippen molar-refractivity contribution in [2.45, 2.75) is 6.92 Å². The Balaban J connectivity index is 2.09. The van der Waals surface area contributed by atoms with Gasteiger partial charge in [-0.3, -0.25) is 14.6 Å². The smallest absolute Gasteiger partial charge is 0.259 e. The number of carbonyl (C=O) groups excluding carboxylic acids is 2. The van der Waals surface area contributed by atoms with Crippen LogP contribution in [0.25, 0.3) is 0 Å². The van der Waals surface area contributed by atoms with Crippen molar-refractivity contribution in [3.63, 3.8) is 0 Å². The number of aromatic nitrogens is 1. The molecule has 0 unspecified atom stereocenters. The number of amides is 2. The number of nitrogens with two attached hydrogens (primary N) is 1. The minimum absolute atomic E-state index is 0.148. The molecule has 6 nitrogen and oxygen atoms in total. The van der Waals surface area contributed by atoms with E-state index in [1.54, 1.807) is 30.3 Å². The van der Waals surface area contributed by atoms with Gasteiger partial charge in [-0.05, 0) is 30.3 Å². The molecule has 0 fully saturated rings. The van der Waals surface area contributed by atoms with E-state index in [1.165, 1.54) is 19.3 Å². The lowest BCUT2D eigenvalue weighted by Crippen LogP contribution is -2.14. The number of nitrogen functional groups attached to an aromatic ring is 1. The lowest BCUT2D eigenvalue weighted by molar-refractivity contribution is -0.114. The second-order valence-corrected chi connectivity index (χ2v) is 4.18. The van der Waals surface area contributed by atoms with Crippen molar-refractivity contribution in [1.82, 2.24) is 4.98 Å². The first-order valence-electron chi connectivity index (χ1n) is 5.95. The number of rotatable bonds is 3. The summed E-state index contributed by atoms with van der Waals surface area (Å²) in [5.74, 6) is -0.479. The summed E-state index contributed by atoms with van der Waals surface area (Å²) in [6.45, 7) is 1.43. The summed E-state index contributed by atoms with van der Waals surface area (Å²) in [5.41, 5.74) is 7.66. The SMILES string of the molecule is CC(=O)Nc1ccc(NC(=O)c2cnccc2N)cc1. The molecule has 0 aliphatic carbocycles. The first kappa shape index (κ1) is 13.5. The minimum Gasteiger partial charge on any atom is -0.398 e. The van der Waals surface area contributed by atoms with Crippen LogP contribution in [0.3, 0.4) is 0 Å². The van der Waals surface area contributed by atoms with Gasteiger partial charge in [0.05, 0.1) is 5.56 Å². The highest BCUT2D eigenvalue weighted by molar-refractivity contribution is 6.07. The van der Waals surface area contributed by atoms with Crippen LogP contribution in [-0.4, -0.2) is 16.8 Å². The Morgan fingerprint density at radius 2 is 1.65 bits per heavy atom. The summed E-state index contributed by atoms with van der Waals surface area (Å²) < 4.78 is 0. The Morgan fingerprint density at radius 3 is 2.20 bits per heavy atom. The van der Waals surface area contributed by atoms with Crippen LogP contribution >= 0.6 is 0 Å². The summed E-state index contributed by atoms with van der Waals surface area (Å²) in [6, 6.07) is 8.34. The highest BCUT2D eigenvalue weighted by Crippen LogP contribution is 2.16. The van der Waals surface area contributed by atoms with E-state index in [4.69, 9.17) is 5.73 Å². The van der Waals surface area contributed by atoms with Gasteiger partial charge in [0, 0.05) is 36.4 Å². The van der Waals surface area contributed by atoms with Crippen molar-refractivity contribution in [3.8, 4) is 0 Å². The molecule has 0 radical (unpaired) electrons. The third-order valence-electron chi connectivity index (χ3n) is 2.56. The quantitative estimate of drug-likeness (QED) is 0.793. The summed E-state index contributed by atoms with van der Waals surface area (Å²) in [7, 11) is 0. The molecule has 20 heavy (non-hydrogen) atoms. The second kappa shape index (κ2) is 5.83. The highest BCUT2D eigenvalue weighted by Gasteiger charge is 2.09. The van der Waals surface area contributed by atoms with E-state index in [2.05, 4.69) is 15.6 Å². The molecular formula is C14H14N4O2. The molecule has 0 atom stereocenters. The minimum atomic E-state index is -0.331. The van der Waals surface area contributed by atoms with Gasteiger partial charge in [-0.15, -0.1) is 0 Å². The first-order chi connectivity index (χ1) is 9.56. The normalized spacial score (nSPS) is 9.85. The van der Waals surface area contributed by atoms with E-state index in [1.807, 2.05) is 0 Å². The van der Waals surface area contributed by atoms with Gasteiger partial charge in [-0.1, -0.05) is 0 Å². The van der Waals surface area contributed by atoms with E-state index in [9.17, 15) is 9.59 Å². The zero-order chi connectivity index (χ0) is 14.5. The third kappa shape index (κ3) is 3.32. The van der Waals surface area contributed by atoms with Crippen LogP contribution < -0.4 is 16.4 Å². The average molecular weight is 270 g/mol. The zero-order valence-electron chi connectivity index (χ0n) is 10.9. The molecule has 2 rings (SSSR count). The Kier molecular flexibility index (Phi) is 3.95. The maximum Gasteiger partial charge on any atom is 0.259 e. The summed E-state index contributed by atoms with van der Waals surface area (Å²) in [5, 5.41) is 5.35. The molecular weight excluding hydrogens is 256 g/mol. The van der Waals surface area contributed by atoms with E-state index >= 15 is 0 Å². The molecule has 0 saturated heterocycles. The average Bonchev–Trinajstić information content (AvgIpc) is 2.41. The number of hydrogen-bond acceptors (Lipinski definition) is 4. The van der Waals surface area contributed by atoms with Gasteiger partial charge in [0.2, 0.25) is 5.91 Å². The lowest BCUT2D eigenvalue weighted by atomic mass is 10.2. The van der Waals surface area contributed by atoms with Crippen LogP contribution in [0.2, 0.25) is 0 Å². The van der Waals surface area contributed by atoms with Crippen molar-refractivity contribution in [2.24, 2.45) is 0 Å². The van der Waals surface area contributed by atoms with Gasteiger partial charge in [0.25, 0.3) is 5.91 Å². The summed E-state index contributed by atoms with van der Waals surface area (Å²) in [6.07, 6.45) is 2.94. The molecule has 0 bridgehead atoms. The number of nitrogens with zero attached hydrogens (tertiary/aromatic N) is 1. The van der Waals surface area contributed by atoms with Crippen LogP contribution in [0.1, 0.15) is 17.3 Å². The summed E-state index contributed by atoms with van der Waals surface area (Å²) >= 11 is 0. The third-order valence-corrected chi connectivity index (χ3v) is 2.56. The monoisotopic (exact) mass is 270 g/mol. The van der Waals surface area contributed by atoms with Gasteiger partial charge in [0.1, 0.15) is 0 Å². The van der Waals surface area contributed by atoms with Gasteiger partial charge >= 0.3 is 0 Å². The van der Waals surface area contributed by atoms with Crippen LogP contribution in [0.4, 0.5) is 17.1 Å². The van der Waals surface area contributed by atoms with Crippen molar-refractivity contribution in [3.05, 3.63) is 48.3 Å². The number of anilines is 3. The number of carbonyl (C=O) groups is 2. The molecule has 0 spiro atoms. The predicted molar refractivity (Wildman–Crippen MR) is 77.3 cm³/mol. The maximum atomic E-state index is 12.0. The van der Waals surface area contributed by atoms with Crippen molar-refractivity contribution >= 4 is 28.9 Å². The van der Waals surface area contributed by atoms with Gasteiger partial charge in [0.15, 0.2) is 0 Å². The molecule has 6 heteroatoms. The zero-order valence-corrected chi connectivity index (χ0v) is 10.9. The number of hydrogen-bond donors (Lipinski definition) is 3. The number of pyridine rings is 1. The van der Waals surface area contributed by atoms with Gasteiger partial charge in [-0.25, -0.2) is 0 Å². The predicted octanol–water partition coefficient (Wildman–Crippen LogP) is 1.87. The first-order valence-corrected chi connectivity index (χ1v) is 5.95. The molecule has 2 aromatic rings. The molecule has 1 aromatic carbocycles. The van der Waals surface area contributed by atoms with Crippen molar-refractivity contribution in [2.75, 3.05) is 16.4 Å². The van der Waals surface area contributed by atoms with E-state index in [-0.39, 0.29) is 11.8 Å². The largest absolute Gasteiger partial charge is 0.398 e. The molecule has 102 valence electrons. The molecule has 1 aromatic heterocycles. The number of benzene rings is 1. The second-order valence-electron chi connectivity index (χ2n) is 4.18. The molecule has 2 amide bonds. The molecule has 4 N–H and O–H groups in total. The Morgan fingerprint density at radius 1 is 1.05 bits per heavy atom. The van der Waals surface area contributed by atoms with Gasteiger partial charge in [-0.2, -0.15) is 0 Å². The molecule has 0 aliphatic rings. The van der Waals surface area contributed by atoms with E-state index < -0.39 is 0 Å². The fraction of sp³-hybridized carbons (Fsp3) is 0.0714. The van der Waals surface area contributed by atoms with Crippen LogP contribution in [-0.2, 0) is 4.79 Å². The highest BCUT2D eigenvalue weighted by atomic mass is 16.2.